The molecule has 17 heavy (non-hydrogen) atoms. The van der Waals surface area contributed by atoms with Gasteiger partial charge in [0.05, 0.1) is 12.2 Å². The van der Waals surface area contributed by atoms with Crippen LogP contribution in [0.5, 0.6) is 0 Å². The van der Waals surface area contributed by atoms with Crippen LogP contribution in [0.2, 0.25) is 0 Å². The first-order valence-corrected chi connectivity index (χ1v) is 7.43. The Bertz CT molecular complexity index is 384. The molecule has 7 heteroatoms. The highest BCUT2D eigenvalue weighted by Crippen LogP contribution is 2.09. The number of nitrogens with zero attached hydrogens (tertiary/aromatic N) is 1. The molecule has 6 nitrogen and oxygen atoms in total. The fourth-order valence-electron chi connectivity index (χ4n) is 1.74. The summed E-state index contributed by atoms with van der Waals surface area (Å²) in [6, 6.07) is 0. The minimum Gasteiger partial charge on any atom is -0.481 e. The van der Waals surface area contributed by atoms with Gasteiger partial charge in [-0.3, -0.25) is 9.59 Å². The van der Waals surface area contributed by atoms with Crippen LogP contribution in [-0.4, -0.2) is 54.9 Å². The third-order valence-corrected chi connectivity index (χ3v) is 4.19. The van der Waals surface area contributed by atoms with Crippen molar-refractivity contribution in [1.29, 1.82) is 0 Å². The highest BCUT2D eigenvalue weighted by atomic mass is 32.2. The Morgan fingerprint density at radius 3 is 2.24 bits per heavy atom. The normalized spacial score (nSPS) is 16.8. The molecule has 1 saturated heterocycles. The topological polar surface area (TPSA) is 91.7 Å². The lowest BCUT2D eigenvalue weighted by molar-refractivity contribution is -0.136. The van der Waals surface area contributed by atoms with E-state index in [0.29, 0.717) is 13.1 Å². The number of carbonyl (C=O) groups is 2. The third-order valence-electron chi connectivity index (χ3n) is 2.68. The van der Waals surface area contributed by atoms with Gasteiger partial charge in [-0.05, 0) is 19.3 Å². The van der Waals surface area contributed by atoms with Gasteiger partial charge in [0.2, 0.25) is 5.91 Å². The zero-order valence-corrected chi connectivity index (χ0v) is 10.4. The summed E-state index contributed by atoms with van der Waals surface area (Å²) in [5, 5.41) is 8.40. The van der Waals surface area contributed by atoms with Crippen LogP contribution in [0.4, 0.5) is 0 Å². The van der Waals surface area contributed by atoms with Gasteiger partial charge in [-0.1, -0.05) is 0 Å². The molecule has 1 amide bonds. The molecule has 0 saturated carbocycles. The highest BCUT2D eigenvalue weighted by molar-refractivity contribution is 7.92. The number of aliphatic carboxylic acids is 1. The van der Waals surface area contributed by atoms with E-state index in [1.807, 2.05) is 0 Å². The zero-order chi connectivity index (χ0) is 12.9. The summed E-state index contributed by atoms with van der Waals surface area (Å²) in [5.74, 6) is -2.61. The lowest BCUT2D eigenvalue weighted by Gasteiger charge is -2.26. The number of amides is 1. The van der Waals surface area contributed by atoms with Crippen molar-refractivity contribution in [3.05, 3.63) is 0 Å². The van der Waals surface area contributed by atoms with Gasteiger partial charge in [0.15, 0.2) is 9.84 Å². The van der Waals surface area contributed by atoms with E-state index in [-0.39, 0.29) is 0 Å². The lowest BCUT2D eigenvalue weighted by Crippen LogP contribution is -2.39. The maximum Gasteiger partial charge on any atom is 0.304 e. The van der Waals surface area contributed by atoms with Crippen molar-refractivity contribution in [2.75, 3.05) is 24.6 Å². The quantitative estimate of drug-likeness (QED) is 0.747. The third kappa shape index (κ3) is 5.16. The van der Waals surface area contributed by atoms with Crippen LogP contribution in [0.3, 0.4) is 0 Å². The molecule has 1 heterocycles. The minimum atomic E-state index is -3.60. The number of carboxylic acids is 1. The van der Waals surface area contributed by atoms with E-state index in [4.69, 9.17) is 5.11 Å². The van der Waals surface area contributed by atoms with Crippen LogP contribution in [0.1, 0.15) is 25.7 Å². The maximum absolute atomic E-state index is 11.7. The van der Waals surface area contributed by atoms with E-state index in [1.54, 1.807) is 4.90 Å². The summed E-state index contributed by atoms with van der Waals surface area (Å²) in [5.41, 5.74) is 0. The molecule has 0 aromatic carbocycles. The molecule has 98 valence electrons. The molecule has 0 radical (unpaired) electrons. The Kier molecular flexibility index (Phi) is 4.92. The Morgan fingerprint density at radius 1 is 1.12 bits per heavy atom. The predicted octanol–water partition coefficient (Wildman–Crippen LogP) is -0.112. The van der Waals surface area contributed by atoms with E-state index in [0.717, 1.165) is 19.3 Å². The SMILES string of the molecule is O=C(O)CCS(=O)(=O)CC(=O)N1CCCCC1. The number of sulfone groups is 1. The fourth-order valence-corrected chi connectivity index (χ4v) is 2.93. The molecule has 1 aliphatic heterocycles. The number of piperidine rings is 1. The van der Waals surface area contributed by atoms with Crippen molar-refractivity contribution in [3.63, 3.8) is 0 Å². The number of likely N-dealkylation sites (tertiary alicyclic amines) is 1. The van der Waals surface area contributed by atoms with E-state index < -0.39 is 39.6 Å². The van der Waals surface area contributed by atoms with Crippen LogP contribution >= 0.6 is 0 Å². The molecule has 0 aromatic rings. The molecule has 1 N–H and O–H groups in total. The Balaban J connectivity index is 2.45. The summed E-state index contributed by atoms with van der Waals surface area (Å²) < 4.78 is 23.0. The van der Waals surface area contributed by atoms with Crippen molar-refractivity contribution >= 4 is 21.7 Å². The van der Waals surface area contributed by atoms with Crippen LogP contribution in [0, 0.1) is 0 Å². The number of carbonyl (C=O) groups excluding carboxylic acids is 1. The smallest absolute Gasteiger partial charge is 0.304 e. The molecular formula is C10H17NO5S. The van der Waals surface area contributed by atoms with Crippen LogP contribution in [0.15, 0.2) is 0 Å². The maximum atomic E-state index is 11.7. The summed E-state index contributed by atoms with van der Waals surface area (Å²) in [7, 11) is -3.60. The first-order valence-electron chi connectivity index (χ1n) is 5.61. The van der Waals surface area contributed by atoms with Gasteiger partial charge >= 0.3 is 5.97 Å². The summed E-state index contributed by atoms with van der Waals surface area (Å²) in [6.45, 7) is 1.21. The van der Waals surface area contributed by atoms with Crippen LogP contribution in [-0.2, 0) is 19.4 Å². The minimum absolute atomic E-state index is 0.407. The molecule has 0 aromatic heterocycles. The number of hydrogen-bond acceptors (Lipinski definition) is 4. The second-order valence-corrected chi connectivity index (χ2v) is 6.36. The highest BCUT2D eigenvalue weighted by Gasteiger charge is 2.23. The molecule has 0 aliphatic carbocycles. The predicted molar refractivity (Wildman–Crippen MR) is 61.3 cm³/mol. The van der Waals surface area contributed by atoms with Crippen LogP contribution in [0.25, 0.3) is 0 Å². The number of carboxylic acid groups (broad SMARTS) is 1. The van der Waals surface area contributed by atoms with Crippen LogP contribution < -0.4 is 0 Å². The largest absolute Gasteiger partial charge is 0.481 e. The Labute approximate surface area is 101 Å². The second-order valence-electron chi connectivity index (χ2n) is 4.18. The van der Waals surface area contributed by atoms with Crippen molar-refractivity contribution in [1.82, 2.24) is 4.90 Å². The van der Waals surface area contributed by atoms with Gasteiger partial charge in [-0.15, -0.1) is 0 Å². The molecule has 0 bridgehead atoms. The van der Waals surface area contributed by atoms with Gasteiger partial charge in [-0.25, -0.2) is 8.42 Å². The Morgan fingerprint density at radius 2 is 1.71 bits per heavy atom. The molecule has 1 aliphatic rings. The second kappa shape index (κ2) is 6.00. The Hall–Kier alpha value is -1.11. The molecule has 0 spiro atoms. The van der Waals surface area contributed by atoms with E-state index in [1.165, 1.54) is 0 Å². The molecule has 0 atom stereocenters. The lowest BCUT2D eigenvalue weighted by atomic mass is 10.1. The standard InChI is InChI=1S/C10H17NO5S/c12-9(11-5-2-1-3-6-11)8-17(15,16)7-4-10(13)14/h1-8H2,(H,13,14). The van der Waals surface area contributed by atoms with Crippen molar-refractivity contribution < 1.29 is 23.1 Å². The van der Waals surface area contributed by atoms with E-state index in [2.05, 4.69) is 0 Å². The van der Waals surface area contributed by atoms with Gasteiger partial charge < -0.3 is 10.0 Å². The van der Waals surface area contributed by atoms with Crippen molar-refractivity contribution in [2.24, 2.45) is 0 Å². The average Bonchev–Trinajstić information content (AvgIpc) is 2.27. The molecule has 1 rings (SSSR count). The first-order chi connectivity index (χ1) is 7.91. The summed E-state index contributed by atoms with van der Waals surface area (Å²) in [6.07, 6.45) is 2.42. The molecule has 1 fully saturated rings. The summed E-state index contributed by atoms with van der Waals surface area (Å²) >= 11 is 0. The summed E-state index contributed by atoms with van der Waals surface area (Å²) in [4.78, 5) is 23.5. The first kappa shape index (κ1) is 14.0. The van der Waals surface area contributed by atoms with Gasteiger partial charge in [0, 0.05) is 13.1 Å². The van der Waals surface area contributed by atoms with Gasteiger partial charge in [0.1, 0.15) is 5.75 Å². The van der Waals surface area contributed by atoms with E-state index in [9.17, 15) is 18.0 Å². The monoisotopic (exact) mass is 263 g/mol. The molecular weight excluding hydrogens is 246 g/mol. The zero-order valence-electron chi connectivity index (χ0n) is 9.59. The fraction of sp³-hybridized carbons (Fsp3) is 0.800. The van der Waals surface area contributed by atoms with Crippen molar-refractivity contribution in [3.8, 4) is 0 Å². The van der Waals surface area contributed by atoms with Gasteiger partial charge in [0.25, 0.3) is 0 Å². The molecule has 0 unspecified atom stereocenters. The average molecular weight is 263 g/mol. The number of rotatable bonds is 5. The number of hydrogen-bond donors (Lipinski definition) is 1. The van der Waals surface area contributed by atoms with Gasteiger partial charge in [-0.2, -0.15) is 0 Å². The van der Waals surface area contributed by atoms with Crippen molar-refractivity contribution in [2.45, 2.75) is 25.7 Å². The van der Waals surface area contributed by atoms with E-state index >= 15 is 0 Å².